The van der Waals surface area contributed by atoms with E-state index in [9.17, 15) is 0 Å². The van der Waals surface area contributed by atoms with Gasteiger partial charge in [0.05, 0.1) is 22.1 Å². The summed E-state index contributed by atoms with van der Waals surface area (Å²) in [6.07, 6.45) is 3.76. The van der Waals surface area contributed by atoms with Crippen LogP contribution in [0.1, 0.15) is 25.0 Å². The molecule has 1 aliphatic carbocycles. The van der Waals surface area contributed by atoms with Crippen LogP contribution in [0.3, 0.4) is 0 Å². The number of pyridine rings is 1. The summed E-state index contributed by atoms with van der Waals surface area (Å²) in [5, 5.41) is 5.18. The van der Waals surface area contributed by atoms with Crippen molar-refractivity contribution >= 4 is 43.6 Å². The Morgan fingerprint density at radius 1 is 0.511 bits per heavy atom. The Labute approximate surface area is 273 Å². The number of fused-ring (bicyclic) bond motifs is 12. The Morgan fingerprint density at radius 2 is 1.13 bits per heavy atom. The molecule has 3 aromatic heterocycles. The molecule has 0 N–H and O–H groups in total. The van der Waals surface area contributed by atoms with Crippen LogP contribution in [0.2, 0.25) is 0 Å². The number of benzene rings is 6. The Hall–Kier alpha value is -5.93. The van der Waals surface area contributed by atoms with E-state index in [2.05, 4.69) is 161 Å². The van der Waals surface area contributed by atoms with Crippen LogP contribution >= 0.6 is 0 Å². The standard InChI is InChI=1S/C44H31N3/c1-44(2)35-19-9-6-16-32(35)38-41(44)39-33-17-7-10-20-36(33)47(31-24-22-28(23-25-31)29-13-12-26-45-27-29)43(39)40-34-18-8-11-21-37(34)46(42(38)40)30-14-4-3-5-15-30/h3-27H,1-2H3. The van der Waals surface area contributed by atoms with E-state index >= 15 is 0 Å². The highest BCUT2D eigenvalue weighted by molar-refractivity contribution is 6.31. The highest BCUT2D eigenvalue weighted by Crippen LogP contribution is 2.58. The van der Waals surface area contributed by atoms with Crippen molar-refractivity contribution in [2.24, 2.45) is 0 Å². The molecule has 0 saturated carbocycles. The van der Waals surface area contributed by atoms with E-state index in [0.717, 1.165) is 16.8 Å². The second kappa shape index (κ2) is 9.54. The van der Waals surface area contributed by atoms with Crippen molar-refractivity contribution in [3.8, 4) is 33.6 Å². The van der Waals surface area contributed by atoms with Gasteiger partial charge in [0.1, 0.15) is 0 Å². The van der Waals surface area contributed by atoms with Crippen molar-refractivity contribution in [3.05, 3.63) is 163 Å². The molecule has 3 heterocycles. The van der Waals surface area contributed by atoms with Crippen LogP contribution < -0.4 is 0 Å². The lowest BCUT2D eigenvalue weighted by Gasteiger charge is -2.23. The van der Waals surface area contributed by atoms with Gasteiger partial charge < -0.3 is 9.13 Å². The zero-order valence-corrected chi connectivity index (χ0v) is 26.3. The molecule has 3 heteroatoms. The van der Waals surface area contributed by atoms with Gasteiger partial charge >= 0.3 is 0 Å². The Bertz CT molecular complexity index is 2670. The van der Waals surface area contributed by atoms with Gasteiger partial charge in [-0.1, -0.05) is 111 Å². The van der Waals surface area contributed by atoms with Gasteiger partial charge in [-0.2, -0.15) is 0 Å². The lowest BCUT2D eigenvalue weighted by Crippen LogP contribution is -2.15. The minimum atomic E-state index is -0.199. The van der Waals surface area contributed by atoms with Crippen molar-refractivity contribution in [1.29, 1.82) is 0 Å². The molecule has 0 radical (unpaired) electrons. The molecule has 0 spiro atoms. The summed E-state index contributed by atoms with van der Waals surface area (Å²) in [6.45, 7) is 4.82. The normalized spacial score (nSPS) is 13.5. The largest absolute Gasteiger partial charge is 0.309 e. The SMILES string of the molecule is CC1(C)c2ccccc2-c2c1c1c3ccccc3n(-c3ccc(-c4cccnc4)cc3)c1c1c3ccccc3n(-c3ccccc3)c21. The zero-order chi connectivity index (χ0) is 31.3. The molecule has 9 aromatic rings. The number of para-hydroxylation sites is 3. The number of hydrogen-bond donors (Lipinski definition) is 0. The molecule has 222 valence electrons. The summed E-state index contributed by atoms with van der Waals surface area (Å²) in [6, 6.07) is 50.9. The van der Waals surface area contributed by atoms with Crippen molar-refractivity contribution in [2.75, 3.05) is 0 Å². The molecule has 0 unspecified atom stereocenters. The van der Waals surface area contributed by atoms with E-state index in [1.54, 1.807) is 0 Å². The molecule has 47 heavy (non-hydrogen) atoms. The number of nitrogens with zero attached hydrogens (tertiary/aromatic N) is 3. The highest BCUT2D eigenvalue weighted by atomic mass is 15.0. The van der Waals surface area contributed by atoms with Gasteiger partial charge in [0.15, 0.2) is 0 Å². The van der Waals surface area contributed by atoms with Gasteiger partial charge in [-0.15, -0.1) is 0 Å². The van der Waals surface area contributed by atoms with Crippen LogP contribution in [0.25, 0.3) is 77.2 Å². The molecule has 10 rings (SSSR count). The molecule has 1 aliphatic rings. The number of hydrogen-bond acceptors (Lipinski definition) is 1. The zero-order valence-electron chi connectivity index (χ0n) is 26.3. The van der Waals surface area contributed by atoms with Crippen LogP contribution in [0.5, 0.6) is 0 Å². The second-order valence-corrected chi connectivity index (χ2v) is 13.2. The Balaban J connectivity index is 1.46. The third-order valence-corrected chi connectivity index (χ3v) is 10.4. The van der Waals surface area contributed by atoms with Crippen LogP contribution in [0.4, 0.5) is 0 Å². The second-order valence-electron chi connectivity index (χ2n) is 13.2. The van der Waals surface area contributed by atoms with Crippen LogP contribution in [0.15, 0.2) is 152 Å². The quantitative estimate of drug-likeness (QED) is 0.198. The topological polar surface area (TPSA) is 22.8 Å². The first-order valence-electron chi connectivity index (χ1n) is 16.3. The smallest absolute Gasteiger partial charge is 0.0644 e. The minimum absolute atomic E-state index is 0.199. The Kier molecular flexibility index (Phi) is 5.34. The molecule has 0 saturated heterocycles. The maximum atomic E-state index is 4.36. The lowest BCUT2D eigenvalue weighted by molar-refractivity contribution is 0.667. The molecule has 0 fully saturated rings. The van der Waals surface area contributed by atoms with E-state index in [-0.39, 0.29) is 5.41 Å². The van der Waals surface area contributed by atoms with Crippen LogP contribution in [0, 0.1) is 0 Å². The van der Waals surface area contributed by atoms with Crippen LogP contribution in [-0.4, -0.2) is 14.1 Å². The highest BCUT2D eigenvalue weighted by Gasteiger charge is 2.41. The molecule has 3 nitrogen and oxygen atoms in total. The Morgan fingerprint density at radius 3 is 1.85 bits per heavy atom. The van der Waals surface area contributed by atoms with Crippen molar-refractivity contribution in [1.82, 2.24) is 14.1 Å². The minimum Gasteiger partial charge on any atom is -0.309 e. The van der Waals surface area contributed by atoms with Crippen molar-refractivity contribution in [3.63, 3.8) is 0 Å². The third-order valence-electron chi connectivity index (χ3n) is 10.4. The summed E-state index contributed by atoms with van der Waals surface area (Å²) in [5.41, 5.74) is 14.8. The van der Waals surface area contributed by atoms with E-state index in [0.29, 0.717) is 0 Å². The fraction of sp³-hybridized carbons (Fsp3) is 0.0682. The van der Waals surface area contributed by atoms with Gasteiger partial charge in [0.2, 0.25) is 0 Å². The monoisotopic (exact) mass is 601 g/mol. The maximum Gasteiger partial charge on any atom is 0.0644 e. The third kappa shape index (κ3) is 3.49. The van der Waals surface area contributed by atoms with Gasteiger partial charge in [-0.25, -0.2) is 0 Å². The summed E-state index contributed by atoms with van der Waals surface area (Å²) in [7, 11) is 0. The van der Waals surface area contributed by atoms with Crippen molar-refractivity contribution in [2.45, 2.75) is 19.3 Å². The summed E-state index contributed by atoms with van der Waals surface area (Å²) in [5.74, 6) is 0. The van der Waals surface area contributed by atoms with Gasteiger partial charge in [-0.05, 0) is 70.3 Å². The van der Waals surface area contributed by atoms with Crippen LogP contribution in [-0.2, 0) is 5.41 Å². The van der Waals surface area contributed by atoms with E-state index in [1.165, 1.54) is 71.6 Å². The van der Waals surface area contributed by atoms with Gasteiger partial charge in [-0.3, -0.25) is 4.98 Å². The van der Waals surface area contributed by atoms with Crippen molar-refractivity contribution < 1.29 is 0 Å². The predicted octanol–water partition coefficient (Wildman–Crippen LogP) is 11.2. The fourth-order valence-corrected chi connectivity index (χ4v) is 8.41. The molecular weight excluding hydrogens is 571 g/mol. The molecule has 0 atom stereocenters. The van der Waals surface area contributed by atoms with Gasteiger partial charge in [0, 0.05) is 56.3 Å². The maximum absolute atomic E-state index is 4.36. The molecule has 0 amide bonds. The van der Waals surface area contributed by atoms with E-state index < -0.39 is 0 Å². The van der Waals surface area contributed by atoms with Gasteiger partial charge in [0.25, 0.3) is 0 Å². The first-order chi connectivity index (χ1) is 23.1. The number of aromatic nitrogens is 3. The predicted molar refractivity (Wildman–Crippen MR) is 196 cm³/mol. The van der Waals surface area contributed by atoms with E-state index in [1.807, 2.05) is 18.5 Å². The fourth-order valence-electron chi connectivity index (χ4n) is 8.41. The first-order valence-corrected chi connectivity index (χ1v) is 16.3. The summed E-state index contributed by atoms with van der Waals surface area (Å²) >= 11 is 0. The average molecular weight is 602 g/mol. The lowest BCUT2D eigenvalue weighted by atomic mass is 9.80. The molecule has 6 aromatic carbocycles. The number of rotatable bonds is 3. The van der Waals surface area contributed by atoms with E-state index in [4.69, 9.17) is 0 Å². The molecular formula is C44H31N3. The summed E-state index contributed by atoms with van der Waals surface area (Å²) < 4.78 is 5.02. The summed E-state index contributed by atoms with van der Waals surface area (Å²) in [4.78, 5) is 4.36. The molecule has 0 aliphatic heterocycles. The average Bonchev–Trinajstić information content (AvgIpc) is 3.73. The first kappa shape index (κ1) is 26.3. The molecule has 0 bridgehead atoms.